The molecule has 3 radical (unpaired) electrons. The van der Waals surface area contributed by atoms with Crippen LogP contribution < -0.4 is 0 Å². The van der Waals surface area contributed by atoms with Crippen LogP contribution in [0.25, 0.3) is 0 Å². The molecule has 0 amide bonds. The molecule has 14 heavy (non-hydrogen) atoms. The first-order valence-corrected chi connectivity index (χ1v) is 4.54. The van der Waals surface area contributed by atoms with E-state index < -0.39 is 17.5 Å². The summed E-state index contributed by atoms with van der Waals surface area (Å²) in [4.78, 5) is 10.0. The van der Waals surface area contributed by atoms with Crippen LogP contribution in [0.1, 0.15) is 34.6 Å². The van der Waals surface area contributed by atoms with E-state index in [4.69, 9.17) is 21.4 Å². The molecule has 0 rings (SSSR count). The van der Waals surface area contributed by atoms with Crippen molar-refractivity contribution in [2.75, 3.05) is 0 Å². The van der Waals surface area contributed by atoms with E-state index in [1.165, 1.54) is 6.08 Å². The van der Waals surface area contributed by atoms with Gasteiger partial charge in [-0.05, 0) is 40.7 Å². The zero-order chi connectivity index (χ0) is 11.4. The fraction of sp³-hybridized carbons (Fsp3) is 0.727. The second-order valence-corrected chi connectivity index (χ2v) is 4.52. The van der Waals surface area contributed by atoms with E-state index >= 15 is 0 Å². The van der Waals surface area contributed by atoms with Crippen molar-refractivity contribution in [3.05, 3.63) is 19.6 Å². The van der Waals surface area contributed by atoms with Crippen molar-refractivity contribution in [1.29, 1.82) is 0 Å². The molecule has 1 unspecified atom stereocenters. The molecule has 0 aromatic heterocycles. The highest BCUT2D eigenvalue weighted by Gasteiger charge is 2.20. The third kappa shape index (κ3) is 8.23. The number of rotatable bonds is 5. The summed E-state index contributed by atoms with van der Waals surface area (Å²) in [5.74, 6) is 0. The molecule has 0 aromatic rings. The number of hydrogen-bond acceptors (Lipinski definition) is 3. The predicted molar refractivity (Wildman–Crippen MR) is 54.3 cm³/mol. The Balaban J connectivity index is 3.99. The minimum absolute atomic E-state index is 0.406. The molecule has 0 saturated carbocycles. The lowest BCUT2D eigenvalue weighted by Gasteiger charge is -2.26. The van der Waals surface area contributed by atoms with E-state index in [0.717, 1.165) is 0 Å². The Morgan fingerprint density at radius 3 is 2.00 bits per heavy atom. The first-order valence-electron chi connectivity index (χ1n) is 4.54. The lowest BCUT2D eigenvalue weighted by Crippen LogP contribution is -2.31. The summed E-state index contributed by atoms with van der Waals surface area (Å²) < 4.78 is 5.18. The van der Waals surface area contributed by atoms with Crippen molar-refractivity contribution in [3.63, 3.8) is 0 Å². The van der Waals surface area contributed by atoms with Crippen LogP contribution in [-0.2, 0) is 14.5 Å². The Bertz CT molecular complexity index is 174. The van der Waals surface area contributed by atoms with Crippen molar-refractivity contribution in [2.24, 2.45) is 0 Å². The van der Waals surface area contributed by atoms with E-state index in [1.54, 1.807) is 13.8 Å². The fourth-order valence-corrected chi connectivity index (χ4v) is 0.589. The molecule has 0 fully saturated rings. The fourth-order valence-electron chi connectivity index (χ4n) is 0.589. The summed E-state index contributed by atoms with van der Waals surface area (Å²) in [6, 6.07) is 0. The second-order valence-electron chi connectivity index (χ2n) is 4.52. The highest BCUT2D eigenvalue weighted by Crippen LogP contribution is 2.15. The second kappa shape index (κ2) is 4.91. The summed E-state index contributed by atoms with van der Waals surface area (Å²) in [5, 5.41) is 0. The maximum absolute atomic E-state index is 7.49. The maximum atomic E-state index is 7.49. The van der Waals surface area contributed by atoms with Crippen molar-refractivity contribution in [3.8, 4) is 0 Å². The summed E-state index contributed by atoms with van der Waals surface area (Å²) in [5.41, 5.74) is -1.43. The molecule has 0 heterocycles. The quantitative estimate of drug-likeness (QED) is 0.295. The third-order valence-electron chi connectivity index (χ3n) is 0.996. The van der Waals surface area contributed by atoms with Gasteiger partial charge in [-0.3, -0.25) is 0 Å². The van der Waals surface area contributed by atoms with Crippen molar-refractivity contribution in [1.82, 2.24) is 0 Å². The topological polar surface area (TPSA) is 27.7 Å². The SMILES string of the molecule is [C]C(C)(C)OC(C=C)OOC(C)(C)C. The minimum atomic E-state index is -1.03. The molecule has 0 N–H and O–H groups in total. The normalized spacial score (nSPS) is 15.3. The molecule has 3 nitrogen and oxygen atoms in total. The highest BCUT2D eigenvalue weighted by atomic mass is 17.2. The first-order chi connectivity index (χ1) is 6.14. The zero-order valence-corrected chi connectivity index (χ0v) is 9.59. The Kier molecular flexibility index (Phi) is 4.78. The Morgan fingerprint density at radius 2 is 1.71 bits per heavy atom. The van der Waals surface area contributed by atoms with Crippen LogP contribution in [0.4, 0.5) is 0 Å². The molecule has 0 aliphatic rings. The Morgan fingerprint density at radius 1 is 1.21 bits per heavy atom. The highest BCUT2D eigenvalue weighted by molar-refractivity contribution is 4.78. The summed E-state index contributed by atoms with van der Waals surface area (Å²) in [6.45, 7) is 19.8. The van der Waals surface area contributed by atoms with Gasteiger partial charge in [0.05, 0.1) is 11.2 Å². The number of ether oxygens (including phenoxy) is 1. The monoisotopic (exact) mass is 199 g/mol. The van der Waals surface area contributed by atoms with Crippen LogP contribution in [-0.4, -0.2) is 17.5 Å². The maximum Gasteiger partial charge on any atom is 0.210 e. The molecule has 0 saturated heterocycles. The van der Waals surface area contributed by atoms with Crippen LogP contribution in [0.3, 0.4) is 0 Å². The summed E-state index contributed by atoms with van der Waals surface area (Å²) >= 11 is 0. The standard InChI is InChI=1S/C11H19O3/c1-8-9(12-10(2,3)4)13-14-11(5,6)7/h8-9H,1H2,2-3,5-7H3. The lowest BCUT2D eigenvalue weighted by atomic mass is 10.2. The molecule has 3 heteroatoms. The predicted octanol–water partition coefficient (Wildman–Crippen LogP) is 2.63. The van der Waals surface area contributed by atoms with Gasteiger partial charge in [0, 0.05) is 6.92 Å². The molecule has 0 spiro atoms. The van der Waals surface area contributed by atoms with Gasteiger partial charge in [-0.1, -0.05) is 6.58 Å². The van der Waals surface area contributed by atoms with Gasteiger partial charge in [0.1, 0.15) is 0 Å². The van der Waals surface area contributed by atoms with E-state index in [1.807, 2.05) is 20.8 Å². The van der Waals surface area contributed by atoms with Gasteiger partial charge >= 0.3 is 0 Å². The van der Waals surface area contributed by atoms with Crippen LogP contribution in [0.2, 0.25) is 0 Å². The van der Waals surface area contributed by atoms with Crippen LogP contribution >= 0.6 is 0 Å². The van der Waals surface area contributed by atoms with Crippen molar-refractivity contribution < 1.29 is 14.5 Å². The van der Waals surface area contributed by atoms with Gasteiger partial charge in [0.2, 0.25) is 6.29 Å². The van der Waals surface area contributed by atoms with Crippen molar-refractivity contribution >= 4 is 0 Å². The van der Waals surface area contributed by atoms with E-state index in [2.05, 4.69) is 6.58 Å². The van der Waals surface area contributed by atoms with Gasteiger partial charge in [0.25, 0.3) is 0 Å². The Hall–Kier alpha value is -0.380. The minimum Gasteiger partial charge on any atom is -0.340 e. The van der Waals surface area contributed by atoms with Crippen molar-refractivity contribution in [2.45, 2.75) is 52.1 Å². The van der Waals surface area contributed by atoms with E-state index in [9.17, 15) is 0 Å². The van der Waals surface area contributed by atoms with E-state index in [-0.39, 0.29) is 0 Å². The van der Waals surface area contributed by atoms with Crippen LogP contribution in [0, 0.1) is 6.92 Å². The van der Waals surface area contributed by atoms with Gasteiger partial charge in [-0.2, -0.15) is 4.89 Å². The smallest absolute Gasteiger partial charge is 0.210 e. The van der Waals surface area contributed by atoms with E-state index in [0.29, 0.717) is 0 Å². The van der Waals surface area contributed by atoms with Gasteiger partial charge in [-0.15, -0.1) is 0 Å². The largest absolute Gasteiger partial charge is 0.340 e. The molecule has 81 valence electrons. The molecule has 1 atom stereocenters. The molecule has 0 aliphatic carbocycles. The number of hydrogen-bond donors (Lipinski definition) is 0. The third-order valence-corrected chi connectivity index (χ3v) is 0.996. The van der Waals surface area contributed by atoms with Crippen LogP contribution in [0.15, 0.2) is 12.7 Å². The van der Waals surface area contributed by atoms with Gasteiger partial charge in [0.15, 0.2) is 0 Å². The average Bonchev–Trinajstić information content (AvgIpc) is 1.94. The van der Waals surface area contributed by atoms with Gasteiger partial charge in [-0.25, -0.2) is 4.89 Å². The van der Waals surface area contributed by atoms with Crippen LogP contribution in [0.5, 0.6) is 0 Å². The van der Waals surface area contributed by atoms with Gasteiger partial charge < -0.3 is 4.74 Å². The summed E-state index contributed by atoms with van der Waals surface area (Å²) in [7, 11) is 0. The Labute approximate surface area is 87.0 Å². The average molecular weight is 199 g/mol. The lowest BCUT2D eigenvalue weighted by molar-refractivity contribution is -0.412. The first kappa shape index (κ1) is 13.6. The molecule has 0 aliphatic heterocycles. The molecular weight excluding hydrogens is 180 g/mol. The summed E-state index contributed by atoms with van der Waals surface area (Å²) in [6.07, 6.45) is 0.726. The molecular formula is C11H19O3. The molecule has 0 aromatic carbocycles. The zero-order valence-electron chi connectivity index (χ0n) is 9.59. The molecule has 0 bridgehead atoms.